The molecule has 1 aliphatic heterocycles. The molecule has 7 nitrogen and oxygen atoms in total. The first-order valence-electron chi connectivity index (χ1n) is 8.56. The van der Waals surface area contributed by atoms with Gasteiger partial charge in [-0.15, -0.1) is 0 Å². The van der Waals surface area contributed by atoms with Crippen LogP contribution in [-0.2, 0) is 20.9 Å². The van der Waals surface area contributed by atoms with E-state index in [1.54, 1.807) is 30.3 Å². The maximum Gasteiger partial charge on any atom is 0.329 e. The summed E-state index contributed by atoms with van der Waals surface area (Å²) in [5.41, 5.74) is 1.56. The van der Waals surface area contributed by atoms with Gasteiger partial charge in [0.05, 0.1) is 21.6 Å². The van der Waals surface area contributed by atoms with Gasteiger partial charge in [-0.05, 0) is 57.4 Å². The SMILES string of the molecule is COC(=O)CN1C(=O)N/C(=C/c2ccc(OCc3ccc(Cl)c(Cl)c3)c(Br)c2)C1=O. The fraction of sp³-hybridized carbons (Fsp3) is 0.150. The van der Waals surface area contributed by atoms with E-state index in [1.165, 1.54) is 13.2 Å². The van der Waals surface area contributed by atoms with E-state index < -0.39 is 24.5 Å². The van der Waals surface area contributed by atoms with Crippen LogP contribution in [0.15, 0.2) is 46.6 Å². The van der Waals surface area contributed by atoms with E-state index in [4.69, 9.17) is 27.9 Å². The molecule has 0 bridgehead atoms. The van der Waals surface area contributed by atoms with Gasteiger partial charge < -0.3 is 14.8 Å². The summed E-state index contributed by atoms with van der Waals surface area (Å²) >= 11 is 15.3. The number of benzene rings is 2. The summed E-state index contributed by atoms with van der Waals surface area (Å²) in [5, 5.41) is 3.36. The first-order valence-corrected chi connectivity index (χ1v) is 10.1. The molecule has 10 heteroatoms. The second-order valence-electron chi connectivity index (χ2n) is 6.18. The third-order valence-electron chi connectivity index (χ3n) is 4.12. The van der Waals surface area contributed by atoms with Crippen LogP contribution in [0, 0.1) is 0 Å². The Morgan fingerprint density at radius 2 is 1.93 bits per heavy atom. The van der Waals surface area contributed by atoms with Crippen LogP contribution in [0.1, 0.15) is 11.1 Å². The van der Waals surface area contributed by atoms with Gasteiger partial charge in [-0.25, -0.2) is 9.69 Å². The van der Waals surface area contributed by atoms with Crippen LogP contribution in [0.5, 0.6) is 5.75 Å². The maximum atomic E-state index is 12.3. The quantitative estimate of drug-likeness (QED) is 0.351. The predicted octanol–water partition coefficient (Wildman–Crippen LogP) is 4.40. The zero-order chi connectivity index (χ0) is 21.8. The minimum absolute atomic E-state index is 0.0558. The third-order valence-corrected chi connectivity index (χ3v) is 5.48. The lowest BCUT2D eigenvalue weighted by molar-refractivity contribution is -0.143. The Morgan fingerprint density at radius 1 is 1.17 bits per heavy atom. The van der Waals surface area contributed by atoms with Gasteiger partial charge in [-0.3, -0.25) is 9.59 Å². The number of rotatable bonds is 6. The van der Waals surface area contributed by atoms with Crippen molar-refractivity contribution in [3.8, 4) is 5.75 Å². The van der Waals surface area contributed by atoms with Gasteiger partial charge >= 0.3 is 12.0 Å². The number of imide groups is 1. The van der Waals surface area contributed by atoms with Crippen LogP contribution in [0.25, 0.3) is 6.08 Å². The van der Waals surface area contributed by atoms with Crippen molar-refractivity contribution in [2.24, 2.45) is 0 Å². The minimum Gasteiger partial charge on any atom is -0.488 e. The molecule has 30 heavy (non-hydrogen) atoms. The van der Waals surface area contributed by atoms with E-state index in [0.717, 1.165) is 10.5 Å². The molecule has 3 amide bonds. The summed E-state index contributed by atoms with van der Waals surface area (Å²) in [5.74, 6) is -0.718. The molecule has 1 aliphatic rings. The van der Waals surface area contributed by atoms with E-state index in [0.29, 0.717) is 25.8 Å². The van der Waals surface area contributed by atoms with Crippen molar-refractivity contribution in [1.29, 1.82) is 0 Å². The van der Waals surface area contributed by atoms with Gasteiger partial charge in [-0.2, -0.15) is 0 Å². The molecular weight excluding hydrogens is 499 g/mol. The van der Waals surface area contributed by atoms with Crippen LogP contribution in [0.3, 0.4) is 0 Å². The maximum absolute atomic E-state index is 12.3. The number of hydrogen-bond acceptors (Lipinski definition) is 5. The van der Waals surface area contributed by atoms with Gasteiger partial charge in [-0.1, -0.05) is 35.3 Å². The van der Waals surface area contributed by atoms with E-state index in [-0.39, 0.29) is 12.3 Å². The zero-order valence-electron chi connectivity index (χ0n) is 15.6. The minimum atomic E-state index is -0.689. The van der Waals surface area contributed by atoms with Crippen molar-refractivity contribution >= 4 is 63.1 Å². The number of esters is 1. The number of methoxy groups -OCH3 is 1. The van der Waals surface area contributed by atoms with Crippen molar-refractivity contribution in [2.45, 2.75) is 6.61 Å². The number of halogens is 3. The van der Waals surface area contributed by atoms with E-state index in [1.807, 2.05) is 6.07 Å². The number of ether oxygens (including phenoxy) is 2. The number of carbonyl (C=O) groups is 3. The topological polar surface area (TPSA) is 84.9 Å². The number of amides is 3. The lowest BCUT2D eigenvalue weighted by Crippen LogP contribution is -2.36. The molecule has 0 radical (unpaired) electrons. The number of hydrogen-bond donors (Lipinski definition) is 1. The van der Waals surface area contributed by atoms with Crippen molar-refractivity contribution in [3.63, 3.8) is 0 Å². The summed E-state index contributed by atoms with van der Waals surface area (Å²) in [6.45, 7) is -0.170. The van der Waals surface area contributed by atoms with Gasteiger partial charge in [0.1, 0.15) is 24.6 Å². The van der Waals surface area contributed by atoms with Crippen molar-refractivity contribution in [3.05, 3.63) is 67.7 Å². The summed E-state index contributed by atoms with van der Waals surface area (Å²) in [4.78, 5) is 36.4. The first kappa shape index (κ1) is 22.1. The Morgan fingerprint density at radius 3 is 2.60 bits per heavy atom. The molecule has 0 spiro atoms. The third kappa shape index (κ3) is 5.13. The van der Waals surface area contributed by atoms with Crippen molar-refractivity contribution in [1.82, 2.24) is 10.2 Å². The molecule has 0 atom stereocenters. The van der Waals surface area contributed by atoms with Crippen LogP contribution in [-0.4, -0.2) is 36.5 Å². The largest absolute Gasteiger partial charge is 0.488 e. The summed E-state index contributed by atoms with van der Waals surface area (Å²) < 4.78 is 10.9. The van der Waals surface area contributed by atoms with Gasteiger partial charge in [0, 0.05) is 0 Å². The lowest BCUT2D eigenvalue weighted by atomic mass is 10.2. The van der Waals surface area contributed by atoms with Gasteiger partial charge in [0.25, 0.3) is 5.91 Å². The van der Waals surface area contributed by atoms with E-state index in [9.17, 15) is 14.4 Å². The Kier molecular flexibility index (Phi) is 7.02. The summed E-state index contributed by atoms with van der Waals surface area (Å²) in [6, 6.07) is 9.74. The molecule has 1 saturated heterocycles. The molecule has 1 N–H and O–H groups in total. The fourth-order valence-electron chi connectivity index (χ4n) is 2.59. The average molecular weight is 514 g/mol. The molecule has 0 unspecified atom stereocenters. The molecule has 0 saturated carbocycles. The Balaban J connectivity index is 1.70. The molecule has 3 rings (SSSR count). The molecular formula is C20H15BrCl2N2O5. The summed E-state index contributed by atoms with van der Waals surface area (Å²) in [7, 11) is 1.18. The highest BCUT2D eigenvalue weighted by molar-refractivity contribution is 9.10. The van der Waals surface area contributed by atoms with Gasteiger partial charge in [0.15, 0.2) is 0 Å². The molecule has 1 heterocycles. The number of nitrogens with one attached hydrogen (secondary N) is 1. The van der Waals surface area contributed by atoms with Crippen LogP contribution in [0.2, 0.25) is 10.0 Å². The van der Waals surface area contributed by atoms with Crippen LogP contribution < -0.4 is 10.1 Å². The smallest absolute Gasteiger partial charge is 0.329 e. The lowest BCUT2D eigenvalue weighted by Gasteiger charge is -2.10. The first-order chi connectivity index (χ1) is 14.3. The normalized spacial score (nSPS) is 14.8. The highest BCUT2D eigenvalue weighted by Crippen LogP contribution is 2.29. The second kappa shape index (κ2) is 9.51. The number of urea groups is 1. The highest BCUT2D eigenvalue weighted by atomic mass is 79.9. The van der Waals surface area contributed by atoms with Crippen LogP contribution in [0.4, 0.5) is 4.79 Å². The highest BCUT2D eigenvalue weighted by Gasteiger charge is 2.35. The number of carbonyl (C=O) groups excluding carboxylic acids is 3. The van der Waals surface area contributed by atoms with E-state index >= 15 is 0 Å². The van der Waals surface area contributed by atoms with E-state index in [2.05, 4.69) is 26.0 Å². The number of nitrogens with zero attached hydrogens (tertiary/aromatic N) is 1. The average Bonchev–Trinajstić information content (AvgIpc) is 2.97. The van der Waals surface area contributed by atoms with Crippen molar-refractivity contribution in [2.75, 3.05) is 13.7 Å². The van der Waals surface area contributed by atoms with Gasteiger partial charge in [0.2, 0.25) is 0 Å². The Labute approximate surface area is 190 Å². The molecule has 2 aromatic rings. The monoisotopic (exact) mass is 512 g/mol. The molecule has 0 aromatic heterocycles. The molecule has 1 fully saturated rings. The molecule has 2 aromatic carbocycles. The summed E-state index contributed by atoms with van der Waals surface area (Å²) in [6.07, 6.45) is 1.50. The molecule has 156 valence electrons. The van der Waals surface area contributed by atoms with Crippen LogP contribution >= 0.6 is 39.1 Å². The standard InChI is InChI=1S/C20H15BrCl2N2O5/c1-29-18(26)9-25-19(27)16(24-20(25)28)8-11-3-5-17(13(21)6-11)30-10-12-2-4-14(22)15(23)7-12/h2-8H,9-10H2,1H3,(H,24,28)/b16-8+. The zero-order valence-corrected chi connectivity index (χ0v) is 18.7. The molecule has 0 aliphatic carbocycles. The predicted molar refractivity (Wildman–Crippen MR) is 115 cm³/mol. The fourth-order valence-corrected chi connectivity index (χ4v) is 3.42. The second-order valence-corrected chi connectivity index (χ2v) is 7.85. The Bertz CT molecular complexity index is 1060. The Hall–Kier alpha value is -2.55. The van der Waals surface area contributed by atoms with Crippen molar-refractivity contribution < 1.29 is 23.9 Å².